The number of fused-ring (bicyclic) bond motifs is 1. The Morgan fingerprint density at radius 2 is 1.67 bits per heavy atom. The second-order valence-electron chi connectivity index (χ2n) is 5.84. The van der Waals surface area contributed by atoms with Crippen LogP contribution >= 0.6 is 23.2 Å². The zero-order valence-electron chi connectivity index (χ0n) is 14.3. The maximum atomic E-state index is 12.2. The SMILES string of the molecule is C[C@H](Oc1ccc2ccccc2c1)C(=O)NNC(=O)c1ccc(Cl)cc1Cl. The molecule has 0 unspecified atom stereocenters. The van der Waals surface area contributed by atoms with Gasteiger partial charge in [0.25, 0.3) is 11.8 Å². The second-order valence-corrected chi connectivity index (χ2v) is 6.68. The molecule has 0 aromatic heterocycles. The lowest BCUT2D eigenvalue weighted by molar-refractivity contribution is -0.128. The molecule has 3 aromatic rings. The van der Waals surface area contributed by atoms with Gasteiger partial charge in [-0.05, 0) is 48.0 Å². The van der Waals surface area contributed by atoms with Gasteiger partial charge in [0.15, 0.2) is 6.10 Å². The van der Waals surface area contributed by atoms with Crippen molar-refractivity contribution in [1.82, 2.24) is 10.9 Å². The predicted octanol–water partition coefficient (Wildman–Crippen LogP) is 4.38. The molecule has 3 aromatic carbocycles. The van der Waals surface area contributed by atoms with E-state index >= 15 is 0 Å². The summed E-state index contributed by atoms with van der Waals surface area (Å²) in [5, 5.41) is 2.69. The summed E-state index contributed by atoms with van der Waals surface area (Å²) in [6, 6.07) is 17.9. The minimum atomic E-state index is -0.813. The average Bonchev–Trinajstić information content (AvgIpc) is 2.65. The van der Waals surface area contributed by atoms with Crippen LogP contribution in [0.5, 0.6) is 5.75 Å². The summed E-state index contributed by atoms with van der Waals surface area (Å²) in [6.45, 7) is 1.59. The van der Waals surface area contributed by atoms with Gasteiger partial charge in [0.1, 0.15) is 5.75 Å². The highest BCUT2D eigenvalue weighted by molar-refractivity contribution is 6.36. The predicted molar refractivity (Wildman–Crippen MR) is 106 cm³/mol. The first kappa shape index (κ1) is 19.0. The second kappa shape index (κ2) is 8.29. The van der Waals surface area contributed by atoms with Crippen molar-refractivity contribution in [3.8, 4) is 5.75 Å². The highest BCUT2D eigenvalue weighted by atomic mass is 35.5. The van der Waals surface area contributed by atoms with E-state index in [4.69, 9.17) is 27.9 Å². The van der Waals surface area contributed by atoms with Gasteiger partial charge in [-0.3, -0.25) is 20.4 Å². The minimum Gasteiger partial charge on any atom is -0.481 e. The summed E-state index contributed by atoms with van der Waals surface area (Å²) < 4.78 is 5.65. The topological polar surface area (TPSA) is 67.4 Å². The number of carbonyl (C=O) groups is 2. The highest BCUT2D eigenvalue weighted by Crippen LogP contribution is 2.22. The number of hydrogen-bond acceptors (Lipinski definition) is 3. The summed E-state index contributed by atoms with van der Waals surface area (Å²) in [4.78, 5) is 24.3. The molecule has 0 spiro atoms. The quantitative estimate of drug-likeness (QED) is 0.636. The largest absolute Gasteiger partial charge is 0.481 e. The fourth-order valence-corrected chi connectivity index (χ4v) is 2.95. The van der Waals surface area contributed by atoms with Crippen LogP contribution in [0, 0.1) is 0 Å². The molecule has 0 aliphatic rings. The molecule has 3 rings (SSSR count). The number of nitrogens with one attached hydrogen (secondary N) is 2. The van der Waals surface area contributed by atoms with Gasteiger partial charge in [-0.25, -0.2) is 0 Å². The van der Waals surface area contributed by atoms with Gasteiger partial charge in [0.05, 0.1) is 10.6 Å². The number of hydrazine groups is 1. The first-order valence-corrected chi connectivity index (χ1v) is 8.90. The van der Waals surface area contributed by atoms with E-state index in [1.165, 1.54) is 18.2 Å². The summed E-state index contributed by atoms with van der Waals surface area (Å²) >= 11 is 11.8. The molecule has 0 aliphatic heterocycles. The van der Waals surface area contributed by atoms with Crippen molar-refractivity contribution in [1.29, 1.82) is 0 Å². The molecule has 0 fully saturated rings. The number of rotatable bonds is 4. The van der Waals surface area contributed by atoms with E-state index in [0.717, 1.165) is 10.8 Å². The van der Waals surface area contributed by atoms with E-state index in [-0.39, 0.29) is 10.6 Å². The van der Waals surface area contributed by atoms with Crippen LogP contribution in [0.4, 0.5) is 0 Å². The van der Waals surface area contributed by atoms with E-state index < -0.39 is 17.9 Å². The van der Waals surface area contributed by atoms with Crippen LogP contribution in [0.3, 0.4) is 0 Å². The Kier molecular flexibility index (Phi) is 5.84. The molecule has 2 N–H and O–H groups in total. The molecule has 0 heterocycles. The first-order chi connectivity index (χ1) is 12.9. The molecule has 0 aliphatic carbocycles. The van der Waals surface area contributed by atoms with Crippen LogP contribution in [0.15, 0.2) is 60.7 Å². The summed E-state index contributed by atoms with van der Waals surface area (Å²) in [5.41, 5.74) is 4.83. The van der Waals surface area contributed by atoms with Crippen LogP contribution in [-0.2, 0) is 4.79 Å². The Morgan fingerprint density at radius 1 is 0.926 bits per heavy atom. The van der Waals surface area contributed by atoms with Crippen molar-refractivity contribution in [3.63, 3.8) is 0 Å². The molecule has 5 nitrogen and oxygen atoms in total. The van der Waals surface area contributed by atoms with E-state index in [2.05, 4.69) is 10.9 Å². The highest BCUT2D eigenvalue weighted by Gasteiger charge is 2.17. The van der Waals surface area contributed by atoms with Gasteiger partial charge in [0.2, 0.25) is 0 Å². The molecule has 2 amide bonds. The van der Waals surface area contributed by atoms with Gasteiger partial charge in [-0.2, -0.15) is 0 Å². The summed E-state index contributed by atoms with van der Waals surface area (Å²) in [7, 11) is 0. The normalized spacial score (nSPS) is 11.7. The number of halogens is 2. The number of hydrogen-bond donors (Lipinski definition) is 2. The Labute approximate surface area is 166 Å². The third-order valence-electron chi connectivity index (χ3n) is 3.88. The molecule has 7 heteroatoms. The Balaban J connectivity index is 1.59. The average molecular weight is 403 g/mol. The number of benzene rings is 3. The molecule has 0 saturated heterocycles. The fourth-order valence-electron chi connectivity index (χ4n) is 2.46. The molecule has 138 valence electrons. The summed E-state index contributed by atoms with van der Waals surface area (Å²) in [6.07, 6.45) is -0.813. The lowest BCUT2D eigenvalue weighted by atomic mass is 10.1. The third-order valence-corrected chi connectivity index (χ3v) is 4.43. The lowest BCUT2D eigenvalue weighted by Crippen LogP contribution is -2.47. The van der Waals surface area contributed by atoms with Crippen molar-refractivity contribution >= 4 is 45.8 Å². The van der Waals surface area contributed by atoms with E-state index in [1.54, 1.807) is 13.0 Å². The fraction of sp³-hybridized carbons (Fsp3) is 0.100. The van der Waals surface area contributed by atoms with Crippen LogP contribution < -0.4 is 15.6 Å². The number of ether oxygens (including phenoxy) is 1. The van der Waals surface area contributed by atoms with E-state index in [9.17, 15) is 9.59 Å². The van der Waals surface area contributed by atoms with E-state index in [0.29, 0.717) is 10.8 Å². The standard InChI is InChI=1S/C20H16Cl2N2O3/c1-12(27-16-8-6-13-4-2-3-5-14(13)10-16)19(25)23-24-20(26)17-9-7-15(21)11-18(17)22/h2-12H,1H3,(H,23,25)(H,24,26)/t12-/m0/s1. The number of carbonyl (C=O) groups excluding carboxylic acids is 2. The van der Waals surface area contributed by atoms with E-state index in [1.807, 2.05) is 36.4 Å². The van der Waals surface area contributed by atoms with Crippen molar-refractivity contribution in [2.45, 2.75) is 13.0 Å². The van der Waals surface area contributed by atoms with Crippen LogP contribution in [0.2, 0.25) is 10.0 Å². The maximum absolute atomic E-state index is 12.2. The van der Waals surface area contributed by atoms with Crippen molar-refractivity contribution < 1.29 is 14.3 Å². The monoisotopic (exact) mass is 402 g/mol. The molecule has 0 saturated carbocycles. The van der Waals surface area contributed by atoms with Gasteiger partial charge in [0, 0.05) is 5.02 Å². The molecular formula is C20H16Cl2N2O3. The van der Waals surface area contributed by atoms with Gasteiger partial charge in [-0.1, -0.05) is 53.5 Å². The molecule has 1 atom stereocenters. The number of amides is 2. The van der Waals surface area contributed by atoms with Crippen LogP contribution in [0.1, 0.15) is 17.3 Å². The summed E-state index contributed by atoms with van der Waals surface area (Å²) in [5.74, 6) is -0.493. The Morgan fingerprint density at radius 3 is 2.41 bits per heavy atom. The van der Waals surface area contributed by atoms with Crippen molar-refractivity contribution in [2.24, 2.45) is 0 Å². The van der Waals surface area contributed by atoms with Gasteiger partial charge < -0.3 is 4.74 Å². The lowest BCUT2D eigenvalue weighted by Gasteiger charge is -2.16. The zero-order chi connectivity index (χ0) is 19.4. The first-order valence-electron chi connectivity index (χ1n) is 8.15. The van der Waals surface area contributed by atoms with Crippen LogP contribution in [-0.4, -0.2) is 17.9 Å². The molecule has 0 radical (unpaired) electrons. The van der Waals surface area contributed by atoms with Crippen molar-refractivity contribution in [2.75, 3.05) is 0 Å². The zero-order valence-corrected chi connectivity index (χ0v) is 15.8. The molecular weight excluding hydrogens is 387 g/mol. The van der Waals surface area contributed by atoms with Gasteiger partial charge >= 0.3 is 0 Å². The third kappa shape index (κ3) is 4.70. The minimum absolute atomic E-state index is 0.190. The molecule has 27 heavy (non-hydrogen) atoms. The van der Waals surface area contributed by atoms with Crippen molar-refractivity contribution in [3.05, 3.63) is 76.3 Å². The maximum Gasteiger partial charge on any atom is 0.279 e. The van der Waals surface area contributed by atoms with Gasteiger partial charge in [-0.15, -0.1) is 0 Å². The molecule has 0 bridgehead atoms. The smallest absolute Gasteiger partial charge is 0.279 e. The Bertz CT molecular complexity index is 1010. The Hall–Kier alpha value is -2.76. The van der Waals surface area contributed by atoms with Crippen LogP contribution in [0.25, 0.3) is 10.8 Å².